The molecule has 4 aromatic carbocycles. The predicted octanol–water partition coefficient (Wildman–Crippen LogP) is 4.50. The minimum atomic E-state index is -2.37. The Hall–Kier alpha value is -6.30. The number of amides is 1. The number of nitrogens with one attached hydrogen (secondary N) is 1. The average molecular weight is 682 g/mol. The van der Waals surface area contributed by atoms with E-state index in [1.54, 1.807) is 98.8 Å². The summed E-state index contributed by atoms with van der Waals surface area (Å²) >= 11 is 0. The van der Waals surface area contributed by atoms with E-state index in [1.165, 1.54) is 24.3 Å². The molecule has 4 rings (SSSR count). The van der Waals surface area contributed by atoms with Crippen molar-refractivity contribution in [3.63, 3.8) is 0 Å². The van der Waals surface area contributed by atoms with Crippen molar-refractivity contribution in [2.75, 3.05) is 0 Å². The molecule has 0 aromatic heterocycles. The van der Waals surface area contributed by atoms with Gasteiger partial charge in [-0.2, -0.15) is 0 Å². The van der Waals surface area contributed by atoms with Crippen LogP contribution in [0.25, 0.3) is 0 Å². The summed E-state index contributed by atoms with van der Waals surface area (Å²) in [6.07, 6.45) is -5.42. The molecule has 0 fully saturated rings. The molecule has 0 bridgehead atoms. The molecule has 0 aliphatic carbocycles. The number of carboxylic acid groups (broad SMARTS) is 1. The lowest BCUT2D eigenvalue weighted by Gasteiger charge is -2.25. The molecular weight excluding hydrogens is 646 g/mol. The summed E-state index contributed by atoms with van der Waals surface area (Å²) in [6, 6.07) is 27.5. The fourth-order valence-corrected chi connectivity index (χ4v) is 4.48. The summed E-state index contributed by atoms with van der Waals surface area (Å²) in [7, 11) is 0. The van der Waals surface area contributed by atoms with E-state index in [0.29, 0.717) is 11.1 Å². The zero-order valence-corrected chi connectivity index (χ0v) is 27.3. The third-order valence-corrected chi connectivity index (χ3v) is 7.26. The largest absolute Gasteiger partial charge is 0.478 e. The molecule has 0 radical (unpaired) electrons. The maximum Gasteiger partial charge on any atom is 0.349 e. The number of carboxylic acids is 1. The minimum absolute atomic E-state index is 0.0330. The highest BCUT2D eigenvalue weighted by molar-refractivity contribution is 5.98. The van der Waals surface area contributed by atoms with E-state index in [2.05, 4.69) is 5.32 Å². The van der Waals surface area contributed by atoms with E-state index < -0.39 is 60.4 Å². The number of benzene rings is 4. The van der Waals surface area contributed by atoms with Crippen molar-refractivity contribution < 1.29 is 52.8 Å². The van der Waals surface area contributed by atoms with E-state index in [4.69, 9.17) is 18.9 Å². The second kappa shape index (κ2) is 17.7. The fraction of sp³-hybridized carbons (Fsp3) is 0.211. The molecule has 0 aliphatic heterocycles. The van der Waals surface area contributed by atoms with Gasteiger partial charge in [0.15, 0.2) is 0 Å². The molecule has 0 heterocycles. The summed E-state index contributed by atoms with van der Waals surface area (Å²) in [5, 5.41) is 12.4. The molecule has 4 aromatic rings. The van der Waals surface area contributed by atoms with Gasteiger partial charge in [0, 0.05) is 0 Å². The first kappa shape index (κ1) is 36.5. The van der Waals surface area contributed by atoms with Crippen molar-refractivity contribution >= 4 is 35.8 Å². The number of hydrogen-bond donors (Lipinski definition) is 2. The third kappa shape index (κ3) is 10.9. The van der Waals surface area contributed by atoms with Crippen LogP contribution in [0.15, 0.2) is 109 Å². The molecule has 1 amide bonds. The molecule has 0 unspecified atom stereocenters. The van der Waals surface area contributed by atoms with Crippen molar-refractivity contribution in [3.05, 3.63) is 143 Å². The maximum absolute atomic E-state index is 13.8. The molecule has 12 nitrogen and oxygen atoms in total. The van der Waals surface area contributed by atoms with E-state index in [9.17, 15) is 33.9 Å². The highest BCUT2D eigenvalue weighted by Crippen LogP contribution is 2.16. The topological polar surface area (TPSA) is 172 Å². The monoisotopic (exact) mass is 681 g/mol. The highest BCUT2D eigenvalue weighted by atomic mass is 16.6. The Labute approximate surface area is 287 Å². The zero-order valence-electron chi connectivity index (χ0n) is 27.3. The smallest absolute Gasteiger partial charge is 0.349 e. The summed E-state index contributed by atoms with van der Waals surface area (Å²) < 4.78 is 21.2. The molecule has 0 saturated heterocycles. The Balaban J connectivity index is 1.60. The van der Waals surface area contributed by atoms with E-state index >= 15 is 0 Å². The van der Waals surface area contributed by atoms with Crippen molar-refractivity contribution in [1.29, 1.82) is 0 Å². The first-order valence-corrected chi connectivity index (χ1v) is 15.5. The van der Waals surface area contributed by atoms with Crippen LogP contribution in [-0.4, -0.2) is 59.1 Å². The molecule has 2 N–H and O–H groups in total. The number of carbonyl (C=O) groups is 6. The fourth-order valence-electron chi connectivity index (χ4n) is 4.48. The van der Waals surface area contributed by atoms with Gasteiger partial charge in [0.25, 0.3) is 5.91 Å². The van der Waals surface area contributed by atoms with Crippen LogP contribution < -0.4 is 5.32 Å². The highest BCUT2D eigenvalue weighted by Gasteiger charge is 2.42. The number of esters is 4. The predicted molar refractivity (Wildman–Crippen MR) is 177 cm³/mol. The van der Waals surface area contributed by atoms with E-state index in [0.717, 1.165) is 11.1 Å². The number of rotatable bonds is 15. The van der Waals surface area contributed by atoms with Gasteiger partial charge in [0.2, 0.25) is 12.2 Å². The Kier molecular flexibility index (Phi) is 13.0. The van der Waals surface area contributed by atoms with Crippen molar-refractivity contribution in [2.45, 2.75) is 51.7 Å². The Morgan fingerprint density at radius 2 is 1.04 bits per heavy atom. The van der Waals surface area contributed by atoms with Crippen LogP contribution in [0.2, 0.25) is 0 Å². The van der Waals surface area contributed by atoms with Gasteiger partial charge in [-0.1, -0.05) is 96.1 Å². The van der Waals surface area contributed by atoms with Gasteiger partial charge in [0.1, 0.15) is 19.3 Å². The first-order chi connectivity index (χ1) is 24.0. The van der Waals surface area contributed by atoms with Gasteiger partial charge in [0.05, 0.1) is 17.5 Å². The SMILES string of the molecule is Cc1ccc(C(=O)O[C@@H](C(=O)O)[C@@H](OC(=O)c2ccc(C)cc2)C(=O)N[C@@H](CC(=O)OCc2ccccc2)C(=O)OCc2ccccc2)cc1. The molecule has 3 atom stereocenters. The minimum Gasteiger partial charge on any atom is -0.478 e. The molecular formula is C38H35NO11. The van der Waals surface area contributed by atoms with Crippen molar-refractivity contribution in [2.24, 2.45) is 0 Å². The number of hydrogen-bond acceptors (Lipinski definition) is 10. The van der Waals surface area contributed by atoms with E-state index in [1.807, 2.05) is 0 Å². The number of ether oxygens (including phenoxy) is 4. The molecule has 0 saturated carbocycles. The zero-order chi connectivity index (χ0) is 36.0. The van der Waals surface area contributed by atoms with Crippen LogP contribution in [-0.2, 0) is 51.3 Å². The Morgan fingerprint density at radius 1 is 0.600 bits per heavy atom. The van der Waals surface area contributed by atoms with Crippen molar-refractivity contribution in [3.8, 4) is 0 Å². The summed E-state index contributed by atoms with van der Waals surface area (Å²) in [4.78, 5) is 78.6. The number of aryl methyl sites for hydroxylation is 2. The molecule has 0 spiro atoms. The summed E-state index contributed by atoms with van der Waals surface area (Å²) in [6.45, 7) is 3.20. The second-order valence-electron chi connectivity index (χ2n) is 11.2. The lowest BCUT2D eigenvalue weighted by molar-refractivity contribution is -0.161. The normalized spacial score (nSPS) is 12.4. The van der Waals surface area contributed by atoms with Crippen LogP contribution in [0.1, 0.15) is 49.4 Å². The first-order valence-electron chi connectivity index (χ1n) is 15.5. The van der Waals surface area contributed by atoms with Crippen LogP contribution in [0, 0.1) is 13.8 Å². The van der Waals surface area contributed by atoms with Crippen LogP contribution in [0.4, 0.5) is 0 Å². The summed E-state index contributed by atoms with van der Waals surface area (Å²) in [5.74, 6) is -7.38. The van der Waals surface area contributed by atoms with Gasteiger partial charge in [-0.05, 0) is 49.2 Å². The van der Waals surface area contributed by atoms with E-state index in [-0.39, 0.29) is 24.3 Å². The summed E-state index contributed by atoms with van der Waals surface area (Å²) in [5.41, 5.74) is 2.82. The van der Waals surface area contributed by atoms with Gasteiger partial charge in [-0.3, -0.25) is 9.59 Å². The van der Waals surface area contributed by atoms with Crippen LogP contribution in [0.5, 0.6) is 0 Å². The van der Waals surface area contributed by atoms with Crippen LogP contribution >= 0.6 is 0 Å². The molecule has 0 aliphatic rings. The van der Waals surface area contributed by atoms with Crippen LogP contribution in [0.3, 0.4) is 0 Å². The van der Waals surface area contributed by atoms with Gasteiger partial charge >= 0.3 is 29.8 Å². The standard InChI is InChI=1S/C38H35NO11/c1-24-13-17-28(18-14-24)36(44)49-32(33(35(42)43)50-37(45)29-19-15-25(2)16-20-29)34(41)39-30(38(46)48-23-27-11-7-4-8-12-27)21-31(40)47-22-26-9-5-3-6-10-26/h3-20,30,32-33H,21-23H2,1-2H3,(H,39,41)(H,42,43)/t30-,32+,33+/m0/s1. The third-order valence-electron chi connectivity index (χ3n) is 7.26. The lowest BCUT2D eigenvalue weighted by Crippen LogP contribution is -2.54. The molecule has 258 valence electrons. The Bertz CT molecular complexity index is 1790. The average Bonchev–Trinajstić information content (AvgIpc) is 3.12. The second-order valence-corrected chi connectivity index (χ2v) is 11.2. The Morgan fingerprint density at radius 3 is 1.50 bits per heavy atom. The quantitative estimate of drug-likeness (QED) is 0.134. The lowest BCUT2D eigenvalue weighted by atomic mass is 10.1. The number of aliphatic carboxylic acids is 1. The number of carbonyl (C=O) groups excluding carboxylic acids is 5. The molecule has 12 heteroatoms. The van der Waals surface area contributed by atoms with Crippen molar-refractivity contribution in [1.82, 2.24) is 5.32 Å². The maximum atomic E-state index is 13.8. The van der Waals surface area contributed by atoms with Gasteiger partial charge in [-0.25, -0.2) is 19.2 Å². The van der Waals surface area contributed by atoms with Gasteiger partial charge in [-0.15, -0.1) is 0 Å². The molecule has 50 heavy (non-hydrogen) atoms. The van der Waals surface area contributed by atoms with Gasteiger partial charge < -0.3 is 29.4 Å².